The lowest BCUT2D eigenvalue weighted by atomic mass is 9.91. The van der Waals surface area contributed by atoms with Gasteiger partial charge in [-0.05, 0) is 107 Å². The van der Waals surface area contributed by atoms with Gasteiger partial charge in [0, 0.05) is 67.7 Å². The second-order valence-corrected chi connectivity index (χ2v) is 16.2. The smallest absolute Gasteiger partial charge is 0.386 e. The molecule has 0 bridgehead atoms. The van der Waals surface area contributed by atoms with Gasteiger partial charge in [0.25, 0.3) is 11.8 Å². The van der Waals surface area contributed by atoms with Crippen LogP contribution in [0.1, 0.15) is 102 Å². The van der Waals surface area contributed by atoms with Crippen molar-refractivity contribution in [1.82, 2.24) is 29.5 Å². The summed E-state index contributed by atoms with van der Waals surface area (Å²) in [5, 5.41) is 16.0. The lowest BCUT2D eigenvalue weighted by molar-refractivity contribution is -0.141. The van der Waals surface area contributed by atoms with E-state index < -0.39 is 41.0 Å². The van der Waals surface area contributed by atoms with Gasteiger partial charge in [0.15, 0.2) is 0 Å². The van der Waals surface area contributed by atoms with Crippen molar-refractivity contribution in [2.75, 3.05) is 42.9 Å². The molecule has 0 aliphatic carbocycles. The van der Waals surface area contributed by atoms with E-state index in [2.05, 4.69) is 31.5 Å². The van der Waals surface area contributed by atoms with Crippen LogP contribution < -0.4 is 15.5 Å². The van der Waals surface area contributed by atoms with Gasteiger partial charge in [-0.25, -0.2) is 9.97 Å². The quantitative estimate of drug-likeness (QED) is 0.208. The summed E-state index contributed by atoms with van der Waals surface area (Å²) in [5.74, 6) is -0.917. The highest BCUT2D eigenvalue weighted by molar-refractivity contribution is 6.05. The number of carbonyl (C=O) groups excluding carboxylic acids is 4. The van der Waals surface area contributed by atoms with E-state index in [1.165, 1.54) is 6.07 Å². The number of fused-ring (bicyclic) bond motifs is 2. The number of hydrogen-bond donors (Lipinski definition) is 3. The average molecular weight is 787 g/mol. The maximum atomic E-state index is 13.2. The number of nitrogens with zero attached hydrogens (tertiary/aromatic N) is 6. The minimum Gasteiger partial charge on any atom is -0.386 e. The van der Waals surface area contributed by atoms with Crippen molar-refractivity contribution >= 4 is 40.7 Å². The number of alkyl halides is 3. The van der Waals surface area contributed by atoms with E-state index in [0.717, 1.165) is 87.5 Å². The van der Waals surface area contributed by atoms with Crippen molar-refractivity contribution < 1.29 is 37.5 Å². The Labute approximate surface area is 327 Å². The Morgan fingerprint density at radius 1 is 0.947 bits per heavy atom. The van der Waals surface area contributed by atoms with Crippen LogP contribution in [-0.2, 0) is 27.9 Å². The zero-order chi connectivity index (χ0) is 40.2. The average Bonchev–Trinajstić information content (AvgIpc) is 3.74. The summed E-state index contributed by atoms with van der Waals surface area (Å²) in [7, 11) is 0. The molecule has 1 atom stereocenters. The van der Waals surface area contributed by atoms with Crippen LogP contribution in [0, 0.1) is 5.92 Å². The van der Waals surface area contributed by atoms with Crippen LogP contribution in [0.3, 0.4) is 0 Å². The standard InChI is InChI=1S/C41H45F3N8O5/c1-40(2,57)29-19-35-46-31(22-51(35)23-32(29)47-37(54)30-4-3-5-34(45-30)41(42,43)44)25-12-14-49(15-13-25)20-24-10-16-50(17-11-24)27-6-7-28-26(18-27)21-52(39(28)56)33-8-9-36(53)48-38(33)55/h3-7,18-19,22-25,33,57H,8-17,20-21H2,1-2H3,(H,47,54)(H,48,53,55). The Hall–Kier alpha value is -5.35. The number of carbonyl (C=O) groups is 4. The molecule has 4 amide bonds. The second kappa shape index (κ2) is 14.9. The van der Waals surface area contributed by atoms with Crippen molar-refractivity contribution in [1.29, 1.82) is 0 Å². The number of likely N-dealkylation sites (tertiary alicyclic amines) is 1. The molecule has 3 fully saturated rings. The number of benzene rings is 1. The number of anilines is 2. The molecule has 13 nitrogen and oxygen atoms in total. The lowest BCUT2D eigenvalue weighted by Gasteiger charge is -2.38. The number of hydrogen-bond acceptors (Lipinski definition) is 9. The molecule has 3 aromatic heterocycles. The third-order valence-corrected chi connectivity index (χ3v) is 11.8. The molecule has 300 valence electrons. The number of imide groups is 1. The van der Waals surface area contributed by atoms with Crippen molar-refractivity contribution in [3.63, 3.8) is 0 Å². The fourth-order valence-corrected chi connectivity index (χ4v) is 8.67. The van der Waals surface area contributed by atoms with Gasteiger partial charge in [-0.15, -0.1) is 0 Å². The van der Waals surface area contributed by atoms with Crippen LogP contribution in [0.4, 0.5) is 24.5 Å². The van der Waals surface area contributed by atoms with E-state index in [1.807, 2.05) is 18.3 Å². The van der Waals surface area contributed by atoms with E-state index in [4.69, 9.17) is 4.98 Å². The van der Waals surface area contributed by atoms with Crippen LogP contribution >= 0.6 is 0 Å². The van der Waals surface area contributed by atoms with Gasteiger partial charge in [0.1, 0.15) is 23.1 Å². The molecular weight excluding hydrogens is 741 g/mol. The van der Waals surface area contributed by atoms with Crippen LogP contribution in [0.25, 0.3) is 5.65 Å². The summed E-state index contributed by atoms with van der Waals surface area (Å²) in [6.07, 6.45) is 3.38. The number of pyridine rings is 2. The normalized spacial score (nSPS) is 20.3. The first kappa shape index (κ1) is 38.5. The zero-order valence-electron chi connectivity index (χ0n) is 31.8. The third kappa shape index (κ3) is 7.97. The molecule has 4 aromatic rings. The van der Waals surface area contributed by atoms with Gasteiger partial charge < -0.3 is 29.5 Å². The van der Waals surface area contributed by atoms with Gasteiger partial charge in [0.2, 0.25) is 11.8 Å². The molecule has 4 aliphatic rings. The lowest BCUT2D eigenvalue weighted by Crippen LogP contribution is -2.52. The number of imidazole rings is 1. The number of amides is 4. The highest BCUT2D eigenvalue weighted by Gasteiger charge is 2.39. The number of aliphatic hydroxyl groups is 1. The fourth-order valence-electron chi connectivity index (χ4n) is 8.67. The highest BCUT2D eigenvalue weighted by Crippen LogP contribution is 2.35. The number of halogens is 3. The van der Waals surface area contributed by atoms with Crippen LogP contribution in [-0.4, -0.2) is 91.7 Å². The highest BCUT2D eigenvalue weighted by atomic mass is 19.4. The minimum absolute atomic E-state index is 0.165. The minimum atomic E-state index is -4.70. The van der Waals surface area contributed by atoms with Gasteiger partial charge >= 0.3 is 6.18 Å². The Kier molecular flexibility index (Phi) is 10.0. The Balaban J connectivity index is 0.855. The molecule has 8 rings (SSSR count). The summed E-state index contributed by atoms with van der Waals surface area (Å²) in [6, 6.07) is 10.1. The summed E-state index contributed by atoms with van der Waals surface area (Å²) in [6.45, 7) is 8.21. The second-order valence-electron chi connectivity index (χ2n) is 16.2. The number of piperidine rings is 3. The maximum Gasteiger partial charge on any atom is 0.433 e. The predicted molar refractivity (Wildman–Crippen MR) is 203 cm³/mol. The monoisotopic (exact) mass is 786 g/mol. The van der Waals surface area contributed by atoms with Crippen molar-refractivity contribution in [3.05, 3.63) is 88.6 Å². The number of nitrogens with one attached hydrogen (secondary N) is 2. The molecular formula is C41H45F3N8O5. The first-order chi connectivity index (χ1) is 27.1. The Morgan fingerprint density at radius 2 is 1.70 bits per heavy atom. The molecule has 3 saturated heterocycles. The van der Waals surface area contributed by atoms with E-state index in [0.29, 0.717) is 35.7 Å². The number of aromatic nitrogens is 3. The van der Waals surface area contributed by atoms with Crippen LogP contribution in [0.2, 0.25) is 0 Å². The van der Waals surface area contributed by atoms with Gasteiger partial charge in [-0.3, -0.25) is 24.5 Å². The molecule has 57 heavy (non-hydrogen) atoms. The molecule has 3 N–H and O–H groups in total. The van der Waals surface area contributed by atoms with Gasteiger partial charge in [-0.2, -0.15) is 13.2 Å². The summed E-state index contributed by atoms with van der Waals surface area (Å²) >= 11 is 0. The first-order valence-electron chi connectivity index (χ1n) is 19.5. The van der Waals surface area contributed by atoms with E-state index in [9.17, 15) is 37.5 Å². The molecule has 4 aliphatic heterocycles. The largest absolute Gasteiger partial charge is 0.433 e. The van der Waals surface area contributed by atoms with E-state index in [1.54, 1.807) is 35.4 Å². The fraction of sp³-hybridized carbons (Fsp3) is 0.463. The molecule has 0 radical (unpaired) electrons. The molecule has 1 aromatic carbocycles. The third-order valence-electron chi connectivity index (χ3n) is 11.8. The zero-order valence-corrected chi connectivity index (χ0v) is 31.8. The van der Waals surface area contributed by atoms with E-state index >= 15 is 0 Å². The maximum absolute atomic E-state index is 13.2. The van der Waals surface area contributed by atoms with Crippen LogP contribution in [0.5, 0.6) is 0 Å². The topological polar surface area (TPSA) is 152 Å². The van der Waals surface area contributed by atoms with Crippen LogP contribution in [0.15, 0.2) is 54.9 Å². The predicted octanol–water partition coefficient (Wildman–Crippen LogP) is 5.08. The summed E-state index contributed by atoms with van der Waals surface area (Å²) < 4.78 is 41.5. The number of rotatable bonds is 8. The SMILES string of the molecule is CC(C)(O)c1cc2nc(C3CCN(CC4CCN(c5ccc6c(c5)CN(C5CCC(=O)NC5=O)C6=O)CC4)CC3)cn2cc1NC(=O)c1cccc(C(F)(F)F)n1. The van der Waals surface area contributed by atoms with Crippen molar-refractivity contribution in [2.45, 2.75) is 82.7 Å². The van der Waals surface area contributed by atoms with Crippen molar-refractivity contribution in [3.8, 4) is 0 Å². The van der Waals surface area contributed by atoms with Gasteiger partial charge in [0.05, 0.1) is 17.0 Å². The van der Waals surface area contributed by atoms with E-state index in [-0.39, 0.29) is 29.8 Å². The molecule has 16 heteroatoms. The summed E-state index contributed by atoms with van der Waals surface area (Å²) in [5.41, 5.74) is 1.77. The summed E-state index contributed by atoms with van der Waals surface area (Å²) in [4.78, 5) is 65.1. The molecule has 0 saturated carbocycles. The first-order valence-corrected chi connectivity index (χ1v) is 19.5. The Bertz CT molecular complexity index is 2240. The van der Waals surface area contributed by atoms with Gasteiger partial charge in [-0.1, -0.05) is 6.07 Å². The Morgan fingerprint density at radius 3 is 2.40 bits per heavy atom. The molecule has 1 unspecified atom stereocenters. The van der Waals surface area contributed by atoms with Crippen molar-refractivity contribution in [2.24, 2.45) is 5.92 Å². The molecule has 7 heterocycles. The molecule has 0 spiro atoms.